The van der Waals surface area contributed by atoms with E-state index >= 15 is 0 Å². The minimum Gasteiger partial charge on any atom is -0.381 e. The summed E-state index contributed by atoms with van der Waals surface area (Å²) in [6, 6.07) is 4.56. The highest BCUT2D eigenvalue weighted by Crippen LogP contribution is 2.15. The number of rotatable bonds is 3. The summed E-state index contributed by atoms with van der Waals surface area (Å²) in [7, 11) is 0. The zero-order chi connectivity index (χ0) is 11.2. The molecule has 3 nitrogen and oxygen atoms in total. The van der Waals surface area contributed by atoms with E-state index in [0.29, 0.717) is 6.04 Å². The third-order valence-corrected chi connectivity index (χ3v) is 2.93. The number of hydrogen-bond acceptors (Lipinski definition) is 3. The van der Waals surface area contributed by atoms with Crippen molar-refractivity contribution in [1.82, 2.24) is 9.88 Å². The van der Waals surface area contributed by atoms with Gasteiger partial charge in [0.2, 0.25) is 0 Å². The average molecular weight is 215 g/mol. The molecule has 0 amide bonds. The molecule has 0 radical (unpaired) electrons. The second kappa shape index (κ2) is 5.53. The second-order valence-corrected chi connectivity index (χ2v) is 4.14. The van der Waals surface area contributed by atoms with E-state index in [9.17, 15) is 0 Å². The van der Waals surface area contributed by atoms with Crippen molar-refractivity contribution in [1.29, 1.82) is 0 Å². The first-order chi connectivity index (χ1) is 7.88. The predicted octanol–water partition coefficient (Wildman–Crippen LogP) is 1.59. The van der Waals surface area contributed by atoms with Gasteiger partial charge in [0.05, 0.1) is 12.2 Å². The van der Waals surface area contributed by atoms with Gasteiger partial charge in [-0.05, 0) is 25.0 Å². The molecule has 0 saturated carbocycles. The third kappa shape index (κ3) is 2.98. The first-order valence-electron chi connectivity index (χ1n) is 5.71. The Balaban J connectivity index is 1.80. The van der Waals surface area contributed by atoms with Crippen molar-refractivity contribution in [2.75, 3.05) is 25.0 Å². The molecule has 1 N–H and O–H groups in total. The van der Waals surface area contributed by atoms with Gasteiger partial charge in [-0.15, -0.1) is 6.42 Å². The number of nitrogens with zero attached hydrogens (tertiary/aromatic N) is 2. The maximum Gasteiger partial charge on any atom is 0.0598 e. The summed E-state index contributed by atoms with van der Waals surface area (Å²) >= 11 is 0. The average Bonchev–Trinajstić information content (AvgIpc) is 2.33. The van der Waals surface area contributed by atoms with Crippen LogP contribution in [-0.4, -0.2) is 35.6 Å². The van der Waals surface area contributed by atoms with Crippen molar-refractivity contribution >= 4 is 5.69 Å². The van der Waals surface area contributed by atoms with Gasteiger partial charge in [0, 0.05) is 31.5 Å². The van der Waals surface area contributed by atoms with Gasteiger partial charge < -0.3 is 5.32 Å². The number of anilines is 1. The van der Waals surface area contributed by atoms with Gasteiger partial charge in [-0.2, -0.15) is 0 Å². The van der Waals surface area contributed by atoms with Crippen molar-refractivity contribution in [3.63, 3.8) is 0 Å². The molecule has 0 unspecified atom stereocenters. The van der Waals surface area contributed by atoms with Gasteiger partial charge in [-0.1, -0.05) is 5.92 Å². The van der Waals surface area contributed by atoms with Crippen LogP contribution >= 0.6 is 0 Å². The van der Waals surface area contributed by atoms with Crippen LogP contribution in [0.2, 0.25) is 0 Å². The highest BCUT2D eigenvalue weighted by molar-refractivity contribution is 5.40. The van der Waals surface area contributed by atoms with Crippen molar-refractivity contribution in [3.8, 4) is 12.3 Å². The van der Waals surface area contributed by atoms with Crippen LogP contribution in [0.15, 0.2) is 24.5 Å². The number of likely N-dealkylation sites (tertiary alicyclic amines) is 1. The van der Waals surface area contributed by atoms with Crippen molar-refractivity contribution in [2.24, 2.45) is 0 Å². The lowest BCUT2D eigenvalue weighted by Gasteiger charge is -2.31. The molecule has 1 fully saturated rings. The lowest BCUT2D eigenvalue weighted by molar-refractivity contribution is 0.243. The fourth-order valence-corrected chi connectivity index (χ4v) is 2.05. The molecule has 1 aromatic rings. The standard InChI is InChI=1S/C13H17N3/c1-2-8-16-9-5-12(6-10-16)15-13-4-3-7-14-11-13/h1,3-4,7,11-12,15H,5-6,8-10H2. The summed E-state index contributed by atoms with van der Waals surface area (Å²) in [6.07, 6.45) is 11.3. The van der Waals surface area contributed by atoms with Gasteiger partial charge in [-0.25, -0.2) is 0 Å². The van der Waals surface area contributed by atoms with E-state index in [1.165, 1.54) is 0 Å². The molecule has 84 valence electrons. The third-order valence-electron chi connectivity index (χ3n) is 2.93. The smallest absolute Gasteiger partial charge is 0.0598 e. The van der Waals surface area contributed by atoms with E-state index in [1.54, 1.807) is 6.20 Å². The molecule has 0 spiro atoms. The maximum atomic E-state index is 5.30. The molecule has 2 heterocycles. The zero-order valence-corrected chi connectivity index (χ0v) is 9.39. The Morgan fingerprint density at radius 3 is 2.94 bits per heavy atom. The van der Waals surface area contributed by atoms with Gasteiger partial charge in [0.25, 0.3) is 0 Å². The van der Waals surface area contributed by atoms with Crippen LogP contribution in [0.5, 0.6) is 0 Å². The molecule has 0 aromatic carbocycles. The Bertz CT molecular complexity index is 347. The Morgan fingerprint density at radius 1 is 1.50 bits per heavy atom. The van der Waals surface area contributed by atoms with E-state index in [-0.39, 0.29) is 0 Å². The predicted molar refractivity (Wildman–Crippen MR) is 66.2 cm³/mol. The van der Waals surface area contributed by atoms with E-state index in [4.69, 9.17) is 6.42 Å². The minimum absolute atomic E-state index is 0.554. The Morgan fingerprint density at radius 2 is 2.31 bits per heavy atom. The fraction of sp³-hybridized carbons (Fsp3) is 0.462. The zero-order valence-electron chi connectivity index (χ0n) is 9.39. The summed E-state index contributed by atoms with van der Waals surface area (Å²) in [5.41, 5.74) is 1.11. The molecule has 1 aromatic heterocycles. The first-order valence-corrected chi connectivity index (χ1v) is 5.71. The lowest BCUT2D eigenvalue weighted by atomic mass is 10.0. The Labute approximate surface area is 96.9 Å². The van der Waals surface area contributed by atoms with Crippen LogP contribution in [0.1, 0.15) is 12.8 Å². The molecule has 0 bridgehead atoms. The van der Waals surface area contributed by atoms with Crippen molar-refractivity contribution in [2.45, 2.75) is 18.9 Å². The lowest BCUT2D eigenvalue weighted by Crippen LogP contribution is -2.39. The van der Waals surface area contributed by atoms with E-state index in [0.717, 1.165) is 38.2 Å². The van der Waals surface area contributed by atoms with E-state index < -0.39 is 0 Å². The van der Waals surface area contributed by atoms with Gasteiger partial charge in [0.1, 0.15) is 0 Å². The summed E-state index contributed by atoms with van der Waals surface area (Å²) in [5, 5.41) is 3.50. The van der Waals surface area contributed by atoms with Gasteiger partial charge >= 0.3 is 0 Å². The summed E-state index contributed by atoms with van der Waals surface area (Å²) in [6.45, 7) is 2.95. The quantitative estimate of drug-likeness (QED) is 0.776. The number of aromatic nitrogens is 1. The second-order valence-electron chi connectivity index (χ2n) is 4.14. The van der Waals surface area contributed by atoms with Crippen LogP contribution in [0.4, 0.5) is 5.69 Å². The fourth-order valence-electron chi connectivity index (χ4n) is 2.05. The molecule has 1 aliphatic rings. The topological polar surface area (TPSA) is 28.2 Å². The molecule has 16 heavy (non-hydrogen) atoms. The molecular formula is C13H17N3. The SMILES string of the molecule is C#CCN1CCC(Nc2cccnc2)CC1. The maximum absolute atomic E-state index is 5.30. The van der Waals surface area contributed by atoms with Crippen molar-refractivity contribution in [3.05, 3.63) is 24.5 Å². The molecular weight excluding hydrogens is 198 g/mol. The molecule has 0 atom stereocenters. The van der Waals surface area contributed by atoms with Crippen LogP contribution in [0.3, 0.4) is 0 Å². The summed E-state index contributed by atoms with van der Waals surface area (Å²) < 4.78 is 0. The molecule has 2 rings (SSSR count). The highest BCUT2D eigenvalue weighted by atomic mass is 15.1. The van der Waals surface area contributed by atoms with Crippen LogP contribution < -0.4 is 5.32 Å². The van der Waals surface area contributed by atoms with Gasteiger partial charge in [-0.3, -0.25) is 9.88 Å². The van der Waals surface area contributed by atoms with Crippen LogP contribution in [0, 0.1) is 12.3 Å². The van der Waals surface area contributed by atoms with E-state index in [1.807, 2.05) is 12.3 Å². The molecule has 1 saturated heterocycles. The Kier molecular flexibility index (Phi) is 3.79. The number of piperidine rings is 1. The number of nitrogens with one attached hydrogen (secondary N) is 1. The molecule has 1 aliphatic heterocycles. The summed E-state index contributed by atoms with van der Waals surface area (Å²) in [4.78, 5) is 6.42. The normalized spacial score (nSPS) is 17.9. The largest absolute Gasteiger partial charge is 0.381 e. The molecule has 0 aliphatic carbocycles. The minimum atomic E-state index is 0.554. The van der Waals surface area contributed by atoms with E-state index in [2.05, 4.69) is 27.2 Å². The molecule has 3 heteroatoms. The monoisotopic (exact) mass is 215 g/mol. The highest BCUT2D eigenvalue weighted by Gasteiger charge is 2.17. The Hall–Kier alpha value is -1.53. The van der Waals surface area contributed by atoms with Crippen LogP contribution in [-0.2, 0) is 0 Å². The van der Waals surface area contributed by atoms with Crippen molar-refractivity contribution < 1.29 is 0 Å². The number of terminal acetylenes is 1. The van der Waals surface area contributed by atoms with Gasteiger partial charge in [0.15, 0.2) is 0 Å². The number of pyridine rings is 1. The van der Waals surface area contributed by atoms with Crippen LogP contribution in [0.25, 0.3) is 0 Å². The summed E-state index contributed by atoms with van der Waals surface area (Å²) in [5.74, 6) is 2.70. The number of hydrogen-bond donors (Lipinski definition) is 1. The first kappa shape index (κ1) is 11.0.